The maximum absolute atomic E-state index is 9.89. The van der Waals surface area contributed by atoms with Crippen LogP contribution >= 0.6 is 0 Å². The number of hydrogen-bond acceptors (Lipinski definition) is 1. The maximum atomic E-state index is 9.89. The van der Waals surface area contributed by atoms with Crippen LogP contribution in [0.4, 0.5) is 0 Å². The molecule has 1 nitrogen and oxygen atoms in total. The summed E-state index contributed by atoms with van der Waals surface area (Å²) in [4.78, 5) is 0. The molecule has 0 heterocycles. The largest absolute Gasteiger partial charge is 0.393 e. The van der Waals surface area contributed by atoms with Gasteiger partial charge < -0.3 is 5.11 Å². The Balaban J connectivity index is 1.53. The van der Waals surface area contributed by atoms with Gasteiger partial charge in [0.15, 0.2) is 0 Å². The molecule has 0 saturated heterocycles. The first-order valence-corrected chi connectivity index (χ1v) is 8.51. The molecule has 0 aromatic rings. The molecule has 4 rings (SSSR count). The summed E-state index contributed by atoms with van der Waals surface area (Å²) in [6, 6.07) is 0. The van der Waals surface area contributed by atoms with Crippen LogP contribution in [0.3, 0.4) is 0 Å². The number of aliphatic hydroxyl groups excluding tert-OH is 1. The van der Waals surface area contributed by atoms with Crippen LogP contribution in [0, 0.1) is 35.5 Å². The van der Waals surface area contributed by atoms with Crippen molar-refractivity contribution in [1.82, 2.24) is 0 Å². The Hall–Kier alpha value is -0.0400. The van der Waals surface area contributed by atoms with Crippen molar-refractivity contribution in [3.63, 3.8) is 0 Å². The third-order valence-corrected chi connectivity index (χ3v) is 7.12. The Morgan fingerprint density at radius 3 is 2.06 bits per heavy atom. The molecule has 3 unspecified atom stereocenters. The smallest absolute Gasteiger partial charge is 0.0543 e. The van der Waals surface area contributed by atoms with Crippen LogP contribution in [0.5, 0.6) is 0 Å². The van der Waals surface area contributed by atoms with E-state index in [-0.39, 0.29) is 6.10 Å². The van der Waals surface area contributed by atoms with E-state index in [2.05, 4.69) is 0 Å². The van der Waals surface area contributed by atoms with Crippen LogP contribution < -0.4 is 0 Å². The van der Waals surface area contributed by atoms with E-state index in [1.165, 1.54) is 38.5 Å². The lowest BCUT2D eigenvalue weighted by atomic mass is 9.53. The monoisotopic (exact) mass is 248 g/mol. The van der Waals surface area contributed by atoms with E-state index in [0.29, 0.717) is 0 Å². The Morgan fingerprint density at radius 1 is 0.556 bits per heavy atom. The van der Waals surface area contributed by atoms with Crippen LogP contribution in [-0.2, 0) is 0 Å². The van der Waals surface area contributed by atoms with Crippen LogP contribution in [0.15, 0.2) is 0 Å². The van der Waals surface area contributed by atoms with Gasteiger partial charge in [0.05, 0.1) is 6.10 Å². The molecule has 4 aliphatic carbocycles. The molecule has 0 spiro atoms. The molecule has 0 amide bonds. The second-order valence-electron chi connectivity index (χ2n) is 7.73. The second kappa shape index (κ2) is 4.51. The molecule has 0 radical (unpaired) electrons. The van der Waals surface area contributed by atoms with Crippen LogP contribution in [0.25, 0.3) is 0 Å². The van der Waals surface area contributed by atoms with Crippen molar-refractivity contribution in [3.8, 4) is 0 Å². The number of rotatable bonds is 0. The lowest BCUT2D eigenvalue weighted by Gasteiger charge is -2.52. The summed E-state index contributed by atoms with van der Waals surface area (Å²) in [5.41, 5.74) is 0. The van der Waals surface area contributed by atoms with Gasteiger partial charge in [0.1, 0.15) is 0 Å². The van der Waals surface area contributed by atoms with Crippen molar-refractivity contribution in [2.75, 3.05) is 0 Å². The van der Waals surface area contributed by atoms with Gasteiger partial charge in [-0.3, -0.25) is 0 Å². The van der Waals surface area contributed by atoms with Gasteiger partial charge in [0, 0.05) is 0 Å². The van der Waals surface area contributed by atoms with E-state index >= 15 is 0 Å². The van der Waals surface area contributed by atoms with Gasteiger partial charge >= 0.3 is 0 Å². The maximum Gasteiger partial charge on any atom is 0.0543 e. The van der Waals surface area contributed by atoms with Crippen molar-refractivity contribution in [1.29, 1.82) is 0 Å². The highest BCUT2D eigenvalue weighted by molar-refractivity contribution is 4.99. The van der Waals surface area contributed by atoms with E-state index in [9.17, 15) is 5.11 Å². The molecule has 0 aromatic carbocycles. The Labute approximate surface area is 111 Å². The predicted octanol–water partition coefficient (Wildman–Crippen LogP) is 4.00. The zero-order valence-corrected chi connectivity index (χ0v) is 11.6. The summed E-state index contributed by atoms with van der Waals surface area (Å²) < 4.78 is 0. The van der Waals surface area contributed by atoms with Crippen molar-refractivity contribution in [2.45, 2.75) is 70.3 Å². The quantitative estimate of drug-likeness (QED) is 0.687. The highest BCUT2D eigenvalue weighted by Crippen LogP contribution is 2.57. The number of fused-ring (bicyclic) bond motifs is 5. The van der Waals surface area contributed by atoms with E-state index < -0.39 is 0 Å². The predicted molar refractivity (Wildman–Crippen MR) is 73.1 cm³/mol. The summed E-state index contributed by atoms with van der Waals surface area (Å²) >= 11 is 0. The van der Waals surface area contributed by atoms with Crippen molar-refractivity contribution in [2.24, 2.45) is 35.5 Å². The average Bonchev–Trinajstić information content (AvgIpc) is 2.86. The summed E-state index contributed by atoms with van der Waals surface area (Å²) in [6.45, 7) is 0. The lowest BCUT2D eigenvalue weighted by Crippen LogP contribution is -2.45. The third-order valence-electron chi connectivity index (χ3n) is 7.12. The van der Waals surface area contributed by atoms with Gasteiger partial charge in [-0.25, -0.2) is 0 Å². The van der Waals surface area contributed by atoms with Crippen molar-refractivity contribution in [3.05, 3.63) is 0 Å². The molecule has 102 valence electrons. The standard InChI is InChI=1S/C17H28O/c18-13-6-9-15-12(10-13)5-8-16-14-3-1-2-11(14)4-7-17(15)16/h11-18H,1-10H2/t11?,12-,13+,14+,15?,16?,17+/m1/s1. The van der Waals surface area contributed by atoms with Crippen molar-refractivity contribution >= 4 is 0 Å². The SMILES string of the molecule is O[C@H]1CCC2[C@H](CCC3[C@H]4CCCC4CC[C@@H]23)C1. The molecular formula is C17H28O. The molecule has 4 saturated carbocycles. The van der Waals surface area contributed by atoms with Gasteiger partial charge in [-0.05, 0) is 86.9 Å². The van der Waals surface area contributed by atoms with Gasteiger partial charge in [0.25, 0.3) is 0 Å². The van der Waals surface area contributed by atoms with Gasteiger partial charge in [-0.15, -0.1) is 0 Å². The van der Waals surface area contributed by atoms with Gasteiger partial charge in [-0.1, -0.05) is 12.8 Å². The van der Waals surface area contributed by atoms with E-state index in [4.69, 9.17) is 0 Å². The van der Waals surface area contributed by atoms with E-state index in [0.717, 1.165) is 48.3 Å². The highest BCUT2D eigenvalue weighted by Gasteiger charge is 2.49. The zero-order valence-electron chi connectivity index (χ0n) is 11.6. The molecule has 7 atom stereocenters. The minimum Gasteiger partial charge on any atom is -0.393 e. The Bertz CT molecular complexity index is 313. The van der Waals surface area contributed by atoms with E-state index in [1.54, 1.807) is 12.8 Å². The Morgan fingerprint density at radius 2 is 1.22 bits per heavy atom. The molecular weight excluding hydrogens is 220 g/mol. The van der Waals surface area contributed by atoms with E-state index in [1.807, 2.05) is 0 Å². The molecule has 0 aromatic heterocycles. The zero-order chi connectivity index (χ0) is 12.1. The minimum atomic E-state index is 0.0330. The second-order valence-corrected chi connectivity index (χ2v) is 7.73. The van der Waals surface area contributed by atoms with Crippen molar-refractivity contribution < 1.29 is 5.11 Å². The first-order valence-electron chi connectivity index (χ1n) is 8.51. The summed E-state index contributed by atoms with van der Waals surface area (Å²) in [5, 5.41) is 9.89. The fraction of sp³-hybridized carbons (Fsp3) is 1.00. The topological polar surface area (TPSA) is 20.2 Å². The lowest BCUT2D eigenvalue weighted by molar-refractivity contribution is -0.0457. The molecule has 1 N–H and O–H groups in total. The highest BCUT2D eigenvalue weighted by atomic mass is 16.3. The molecule has 0 bridgehead atoms. The molecule has 1 heteroatoms. The number of aliphatic hydroxyl groups is 1. The fourth-order valence-corrected chi connectivity index (χ4v) is 6.45. The average molecular weight is 248 g/mol. The first kappa shape index (κ1) is 11.8. The normalized spacial score (nSPS) is 55.5. The molecule has 0 aliphatic heterocycles. The molecule has 18 heavy (non-hydrogen) atoms. The molecule has 4 aliphatic rings. The third kappa shape index (κ3) is 1.77. The summed E-state index contributed by atoms with van der Waals surface area (Å²) in [5.74, 6) is 6.23. The first-order chi connectivity index (χ1) is 8.83. The van der Waals surface area contributed by atoms with Gasteiger partial charge in [-0.2, -0.15) is 0 Å². The Kier molecular flexibility index (Phi) is 2.94. The number of hydrogen-bond donors (Lipinski definition) is 1. The van der Waals surface area contributed by atoms with Gasteiger partial charge in [0.2, 0.25) is 0 Å². The minimum absolute atomic E-state index is 0.0330. The summed E-state index contributed by atoms with van der Waals surface area (Å²) in [6.07, 6.45) is 14.2. The molecule has 4 fully saturated rings. The van der Waals surface area contributed by atoms with Crippen LogP contribution in [-0.4, -0.2) is 11.2 Å². The van der Waals surface area contributed by atoms with Crippen LogP contribution in [0.2, 0.25) is 0 Å². The fourth-order valence-electron chi connectivity index (χ4n) is 6.45. The summed E-state index contributed by atoms with van der Waals surface area (Å²) in [7, 11) is 0. The van der Waals surface area contributed by atoms with Crippen LogP contribution in [0.1, 0.15) is 64.2 Å².